The van der Waals surface area contributed by atoms with Gasteiger partial charge in [-0.1, -0.05) is 30.3 Å². The Bertz CT molecular complexity index is 809. The van der Waals surface area contributed by atoms with Crippen LogP contribution in [-0.4, -0.2) is 14.7 Å². The average molecular weight is 279 g/mol. The molecule has 3 aromatic rings. The Morgan fingerprint density at radius 1 is 1.14 bits per heavy atom. The third kappa shape index (κ3) is 2.53. The number of hydrogen-bond acceptors (Lipinski definition) is 3. The van der Waals surface area contributed by atoms with Crippen LogP contribution in [0.5, 0.6) is 0 Å². The summed E-state index contributed by atoms with van der Waals surface area (Å²) in [4.78, 5) is 10.4. The van der Waals surface area contributed by atoms with Gasteiger partial charge < -0.3 is 0 Å². The third-order valence-electron chi connectivity index (χ3n) is 3.34. The van der Waals surface area contributed by atoms with Gasteiger partial charge in [0.2, 0.25) is 0 Å². The van der Waals surface area contributed by atoms with Crippen LogP contribution in [0.15, 0.2) is 60.9 Å². The van der Waals surface area contributed by atoms with Crippen molar-refractivity contribution in [2.24, 2.45) is 0 Å². The summed E-state index contributed by atoms with van der Waals surface area (Å²) in [6.07, 6.45) is 3.64. The van der Waals surface area contributed by atoms with Crippen molar-refractivity contribution < 1.29 is 4.92 Å². The van der Waals surface area contributed by atoms with E-state index in [-0.39, 0.29) is 5.69 Å². The molecule has 0 bridgehead atoms. The molecule has 0 aliphatic rings. The Balaban J connectivity index is 2.01. The number of nitro benzene ring substituents is 1. The molecule has 0 aliphatic heterocycles. The van der Waals surface area contributed by atoms with Crippen LogP contribution in [0.3, 0.4) is 0 Å². The van der Waals surface area contributed by atoms with Gasteiger partial charge in [-0.2, -0.15) is 5.10 Å². The highest BCUT2D eigenvalue weighted by atomic mass is 16.6. The predicted molar refractivity (Wildman–Crippen MR) is 80.4 cm³/mol. The van der Waals surface area contributed by atoms with E-state index >= 15 is 0 Å². The second-order valence-corrected chi connectivity index (χ2v) is 4.77. The minimum absolute atomic E-state index is 0.0560. The second kappa shape index (κ2) is 5.20. The number of rotatable bonds is 3. The van der Waals surface area contributed by atoms with Gasteiger partial charge in [0.15, 0.2) is 0 Å². The van der Waals surface area contributed by atoms with Gasteiger partial charge in [-0.25, -0.2) is 4.68 Å². The lowest BCUT2D eigenvalue weighted by Gasteiger charge is -2.02. The molecule has 0 unspecified atom stereocenters. The summed E-state index contributed by atoms with van der Waals surface area (Å²) < 4.78 is 1.65. The van der Waals surface area contributed by atoms with Crippen LogP contribution in [0, 0.1) is 17.0 Å². The smallest absolute Gasteiger partial charge is 0.258 e. The first-order valence-electron chi connectivity index (χ1n) is 6.50. The lowest BCUT2D eigenvalue weighted by Crippen LogP contribution is -1.95. The molecule has 0 amide bonds. The van der Waals surface area contributed by atoms with Crippen molar-refractivity contribution in [3.63, 3.8) is 0 Å². The average Bonchev–Trinajstić information content (AvgIpc) is 2.97. The summed E-state index contributed by atoms with van der Waals surface area (Å²) in [5.74, 6) is 0. The lowest BCUT2D eigenvalue weighted by molar-refractivity contribution is -0.384. The maximum absolute atomic E-state index is 10.8. The fraction of sp³-hybridized carbons (Fsp3) is 0.0625. The van der Waals surface area contributed by atoms with Crippen molar-refractivity contribution in [3.8, 4) is 16.8 Å². The lowest BCUT2D eigenvalue weighted by atomic mass is 10.0. The summed E-state index contributed by atoms with van der Waals surface area (Å²) in [5, 5.41) is 15.1. The molecule has 5 nitrogen and oxygen atoms in total. The zero-order valence-electron chi connectivity index (χ0n) is 11.4. The maximum atomic E-state index is 10.8. The Morgan fingerprint density at radius 2 is 1.95 bits per heavy atom. The standard InChI is InChI=1S/C16H13N3O2/c1-12-5-2-3-8-16(12)13-10-17-18(11-13)14-6-4-7-15(9-14)19(20)21/h2-11H,1H3. The molecule has 0 spiro atoms. The highest BCUT2D eigenvalue weighted by Crippen LogP contribution is 2.24. The molecule has 104 valence electrons. The van der Waals surface area contributed by atoms with Crippen LogP contribution in [-0.2, 0) is 0 Å². The highest BCUT2D eigenvalue weighted by Gasteiger charge is 2.09. The Morgan fingerprint density at radius 3 is 2.71 bits per heavy atom. The van der Waals surface area contributed by atoms with Crippen LogP contribution in [0.2, 0.25) is 0 Å². The quantitative estimate of drug-likeness (QED) is 0.541. The van der Waals surface area contributed by atoms with Crippen molar-refractivity contribution >= 4 is 5.69 Å². The van der Waals surface area contributed by atoms with E-state index in [1.54, 1.807) is 23.0 Å². The summed E-state index contributed by atoms with van der Waals surface area (Å²) >= 11 is 0. The van der Waals surface area contributed by atoms with E-state index in [1.165, 1.54) is 12.1 Å². The number of non-ortho nitro benzene ring substituents is 1. The number of nitro groups is 1. The summed E-state index contributed by atoms with van der Waals surface area (Å²) in [7, 11) is 0. The van der Waals surface area contributed by atoms with Crippen LogP contribution in [0.25, 0.3) is 16.8 Å². The van der Waals surface area contributed by atoms with E-state index in [0.717, 1.165) is 16.7 Å². The van der Waals surface area contributed by atoms with Crippen LogP contribution < -0.4 is 0 Å². The largest absolute Gasteiger partial charge is 0.271 e. The topological polar surface area (TPSA) is 61.0 Å². The molecular weight excluding hydrogens is 266 g/mol. The van der Waals surface area contributed by atoms with E-state index in [1.807, 2.05) is 37.4 Å². The molecular formula is C16H13N3O2. The van der Waals surface area contributed by atoms with Gasteiger partial charge in [-0.3, -0.25) is 10.1 Å². The van der Waals surface area contributed by atoms with Crippen LogP contribution >= 0.6 is 0 Å². The molecule has 0 fully saturated rings. The van der Waals surface area contributed by atoms with Crippen molar-refractivity contribution in [2.75, 3.05) is 0 Å². The SMILES string of the molecule is Cc1ccccc1-c1cnn(-c2cccc([N+](=O)[O-])c2)c1. The van der Waals surface area contributed by atoms with Gasteiger partial charge >= 0.3 is 0 Å². The Kier molecular flexibility index (Phi) is 3.23. The second-order valence-electron chi connectivity index (χ2n) is 4.77. The zero-order valence-corrected chi connectivity index (χ0v) is 11.4. The van der Waals surface area contributed by atoms with Crippen molar-refractivity contribution in [2.45, 2.75) is 6.92 Å². The van der Waals surface area contributed by atoms with Crippen molar-refractivity contribution in [1.82, 2.24) is 9.78 Å². The Hall–Kier alpha value is -2.95. The monoisotopic (exact) mass is 279 g/mol. The summed E-state index contributed by atoms with van der Waals surface area (Å²) in [5.41, 5.74) is 3.98. The van der Waals surface area contributed by atoms with E-state index in [9.17, 15) is 10.1 Å². The number of hydrogen-bond donors (Lipinski definition) is 0. The number of aromatic nitrogens is 2. The maximum Gasteiger partial charge on any atom is 0.271 e. The number of aryl methyl sites for hydroxylation is 1. The Labute approximate surface area is 121 Å². The van der Waals surface area contributed by atoms with Gasteiger partial charge in [0.1, 0.15) is 0 Å². The predicted octanol–water partition coefficient (Wildman–Crippen LogP) is 3.76. The minimum atomic E-state index is -0.407. The van der Waals surface area contributed by atoms with E-state index in [0.29, 0.717) is 5.69 Å². The molecule has 0 saturated carbocycles. The fourth-order valence-corrected chi connectivity index (χ4v) is 2.25. The number of benzene rings is 2. The molecule has 5 heteroatoms. The molecule has 1 aromatic heterocycles. The number of nitrogens with zero attached hydrogens (tertiary/aromatic N) is 3. The zero-order chi connectivity index (χ0) is 14.8. The van der Waals surface area contributed by atoms with Gasteiger partial charge in [0.05, 0.1) is 16.8 Å². The van der Waals surface area contributed by atoms with Crippen LogP contribution in [0.4, 0.5) is 5.69 Å². The summed E-state index contributed by atoms with van der Waals surface area (Å²) in [6, 6.07) is 14.5. The molecule has 0 radical (unpaired) electrons. The van der Waals surface area contributed by atoms with Gasteiger partial charge in [-0.15, -0.1) is 0 Å². The first-order valence-corrected chi connectivity index (χ1v) is 6.50. The van der Waals surface area contributed by atoms with Gasteiger partial charge in [0.25, 0.3) is 5.69 Å². The van der Waals surface area contributed by atoms with Gasteiger partial charge in [-0.05, 0) is 24.1 Å². The van der Waals surface area contributed by atoms with E-state index in [4.69, 9.17) is 0 Å². The molecule has 2 aromatic carbocycles. The van der Waals surface area contributed by atoms with Crippen LogP contribution in [0.1, 0.15) is 5.56 Å². The molecule has 0 N–H and O–H groups in total. The van der Waals surface area contributed by atoms with Gasteiger partial charge in [0, 0.05) is 23.9 Å². The highest BCUT2D eigenvalue weighted by molar-refractivity contribution is 5.66. The first kappa shape index (κ1) is 13.1. The van der Waals surface area contributed by atoms with Crippen molar-refractivity contribution in [3.05, 3.63) is 76.6 Å². The van der Waals surface area contributed by atoms with E-state index < -0.39 is 4.92 Å². The van der Waals surface area contributed by atoms with Crippen molar-refractivity contribution in [1.29, 1.82) is 0 Å². The minimum Gasteiger partial charge on any atom is -0.258 e. The molecule has 0 atom stereocenters. The van der Waals surface area contributed by atoms with E-state index in [2.05, 4.69) is 5.10 Å². The third-order valence-corrected chi connectivity index (χ3v) is 3.34. The molecule has 1 heterocycles. The fourth-order valence-electron chi connectivity index (χ4n) is 2.25. The molecule has 0 aliphatic carbocycles. The molecule has 0 saturated heterocycles. The molecule has 21 heavy (non-hydrogen) atoms. The summed E-state index contributed by atoms with van der Waals surface area (Å²) in [6.45, 7) is 2.04. The normalized spacial score (nSPS) is 10.5. The first-order chi connectivity index (χ1) is 10.1. The molecule has 3 rings (SSSR count).